The van der Waals surface area contributed by atoms with Crippen molar-refractivity contribution >= 4 is 116 Å². The first-order valence-corrected chi connectivity index (χ1v) is 30.1. The molecule has 34 heteroatoms. The summed E-state index contributed by atoms with van der Waals surface area (Å²) in [5.74, 6) is -5.04. The van der Waals surface area contributed by atoms with Crippen LogP contribution in [0.1, 0.15) is 79.6 Å². The zero-order valence-corrected chi connectivity index (χ0v) is 61.0. The molecule has 3 aliphatic heterocycles. The number of amides is 5. The molecule has 2 aromatic heterocycles. The van der Waals surface area contributed by atoms with Crippen LogP contribution in [0, 0.1) is 17.5 Å². The molecule has 518 valence electrons. The van der Waals surface area contributed by atoms with E-state index in [1.54, 1.807) is 78.9 Å². The number of carbonyl (C=O) groups excluding carboxylic acids is 7. The Morgan fingerprint density at radius 1 is 0.670 bits per heavy atom. The predicted octanol–water partition coefficient (Wildman–Crippen LogP) is 0.336. The third-order valence-corrected chi connectivity index (χ3v) is 14.9. The number of rotatable bonds is 21. The summed E-state index contributed by atoms with van der Waals surface area (Å²) in [6, 6.07) is 28.1. The number of carbonyl (C=O) groups is 8. The number of aromatic nitrogens is 4. The fourth-order valence-corrected chi connectivity index (χ4v) is 9.71. The summed E-state index contributed by atoms with van der Waals surface area (Å²) in [6.07, 6.45) is 3.13. The molecule has 0 bridgehead atoms. The molecule has 5 aromatic carbocycles. The summed E-state index contributed by atoms with van der Waals surface area (Å²) < 4.78 is 59.1. The van der Waals surface area contributed by atoms with E-state index in [4.69, 9.17) is 93.0 Å². The average molecular weight is 1490 g/mol. The van der Waals surface area contributed by atoms with Gasteiger partial charge in [0.05, 0.1) is 70.9 Å². The van der Waals surface area contributed by atoms with E-state index in [2.05, 4.69) is 31.0 Å². The van der Waals surface area contributed by atoms with E-state index >= 15 is 0 Å². The molecular weight excluding hydrogens is 1410 g/mol. The zero-order valence-electron chi connectivity index (χ0n) is 52.7. The summed E-state index contributed by atoms with van der Waals surface area (Å²) in [7, 11) is 0. The molecule has 3 fully saturated rings. The number of halogens is 7. The molecule has 7 aromatic rings. The smallest absolute Gasteiger partial charge is 1.00 e. The van der Waals surface area contributed by atoms with Crippen molar-refractivity contribution in [3.8, 4) is 0 Å². The Hall–Kier alpha value is -5.02. The van der Waals surface area contributed by atoms with Crippen molar-refractivity contribution in [1.29, 1.82) is 0 Å². The number of ketones is 1. The number of Topliss-reactive ketones (excluding diaryl/α,β-unsaturated/α-hetero) is 1. The molecular formula is C63H76Cl4F3K2N11O14. The Morgan fingerprint density at radius 2 is 1.12 bits per heavy atom. The van der Waals surface area contributed by atoms with Gasteiger partial charge in [0.25, 0.3) is 18.3 Å². The van der Waals surface area contributed by atoms with Crippen LogP contribution in [-0.2, 0) is 80.5 Å². The number of carboxylic acids is 1. The average Bonchev–Trinajstić information content (AvgIpc) is 1.65. The van der Waals surface area contributed by atoms with Crippen LogP contribution in [0.3, 0.4) is 0 Å². The van der Waals surface area contributed by atoms with Crippen LogP contribution in [0.2, 0.25) is 15.1 Å². The minimum atomic E-state index is -1.02. The maximum Gasteiger partial charge on any atom is 1.00 e. The fraction of sp³-hybridized carbons (Fsp3) is 0.365. The van der Waals surface area contributed by atoms with E-state index in [0.717, 1.165) is 32.7 Å². The van der Waals surface area contributed by atoms with Gasteiger partial charge < -0.3 is 68.9 Å². The first kappa shape index (κ1) is 90.0. The third kappa shape index (κ3) is 30.0. The molecule has 0 radical (unpaired) electrons. The maximum absolute atomic E-state index is 14.1. The molecule has 3 unspecified atom stereocenters. The van der Waals surface area contributed by atoms with E-state index < -0.39 is 41.1 Å². The maximum atomic E-state index is 14.1. The number of primary amides is 2. The topological polar surface area (TPSA) is 370 Å². The van der Waals surface area contributed by atoms with Crippen molar-refractivity contribution in [2.45, 2.75) is 91.3 Å². The van der Waals surface area contributed by atoms with E-state index in [0.29, 0.717) is 71.6 Å². The van der Waals surface area contributed by atoms with Gasteiger partial charge in [-0.25, -0.2) is 13.2 Å². The molecule has 5 amide bonds. The Balaban J connectivity index is 0.00000126. The van der Waals surface area contributed by atoms with E-state index in [-0.39, 0.29) is 239 Å². The van der Waals surface area contributed by atoms with Crippen molar-refractivity contribution in [2.75, 3.05) is 58.6 Å². The molecule has 10 N–H and O–H groups in total. The number of alkyl halides is 1. The number of nitrogens with one attached hydrogen (secondary N) is 3. The van der Waals surface area contributed by atoms with Crippen LogP contribution in [0.15, 0.2) is 103 Å². The molecule has 0 aliphatic carbocycles. The second-order valence-electron chi connectivity index (χ2n) is 20.3. The molecule has 3 aliphatic rings. The van der Waals surface area contributed by atoms with Crippen LogP contribution < -0.4 is 141 Å². The summed E-state index contributed by atoms with van der Waals surface area (Å²) in [4.78, 5) is 94.6. The summed E-state index contributed by atoms with van der Waals surface area (Å²) in [5.41, 5.74) is 18.4. The minimum Gasteiger partial charge on any atom is -1.00 e. The number of aliphatic carboxylic acids is 1. The quantitative estimate of drug-likeness (QED) is 0.0168. The number of hydrogen-bond donors (Lipinski definition) is 7. The number of fused-ring (bicyclic) bond motifs is 2. The van der Waals surface area contributed by atoms with Crippen molar-refractivity contribution in [1.82, 2.24) is 40.4 Å². The van der Waals surface area contributed by atoms with Crippen LogP contribution in [-0.4, -0.2) is 154 Å². The molecule has 5 heterocycles. The van der Waals surface area contributed by atoms with Gasteiger partial charge in [0.15, 0.2) is 11.4 Å². The Morgan fingerprint density at radius 3 is 1.55 bits per heavy atom. The van der Waals surface area contributed by atoms with Crippen molar-refractivity contribution < 1.29 is 185 Å². The van der Waals surface area contributed by atoms with Gasteiger partial charge >= 0.3 is 109 Å². The number of carboxylic acid groups (broad SMARTS) is 1. The minimum absolute atomic E-state index is 0. The first-order valence-electron chi connectivity index (χ1n) is 28.4. The molecule has 10 rings (SSSR count). The molecule has 3 atom stereocenters. The van der Waals surface area contributed by atoms with Crippen LogP contribution in [0.25, 0.3) is 21.8 Å². The normalized spacial score (nSPS) is 14.6. The third-order valence-electron chi connectivity index (χ3n) is 13.7. The summed E-state index contributed by atoms with van der Waals surface area (Å²) >= 11 is 22.3. The molecule has 3 saturated heterocycles. The van der Waals surface area contributed by atoms with Crippen LogP contribution in [0.5, 0.6) is 0 Å². The van der Waals surface area contributed by atoms with Crippen molar-refractivity contribution in [3.63, 3.8) is 0 Å². The zero-order chi connectivity index (χ0) is 68.0. The predicted molar refractivity (Wildman–Crippen MR) is 349 cm³/mol. The largest absolute Gasteiger partial charge is 1.00 e. The van der Waals surface area contributed by atoms with Crippen LogP contribution >= 0.6 is 46.4 Å². The Labute approximate surface area is 664 Å². The van der Waals surface area contributed by atoms with Gasteiger partial charge in [0, 0.05) is 73.3 Å². The number of para-hydroxylation sites is 2. The fourth-order valence-electron chi connectivity index (χ4n) is 8.99. The molecule has 97 heavy (non-hydrogen) atoms. The Bertz CT molecular complexity index is 3690. The van der Waals surface area contributed by atoms with E-state index in [1.165, 1.54) is 38.5 Å². The van der Waals surface area contributed by atoms with Gasteiger partial charge in [0.1, 0.15) is 36.3 Å². The summed E-state index contributed by atoms with van der Waals surface area (Å²) in [6.45, 7) is 3.12. The number of aryl methyl sites for hydroxylation is 1. The molecule has 0 spiro atoms. The van der Waals surface area contributed by atoms with E-state index in [1.807, 2.05) is 0 Å². The van der Waals surface area contributed by atoms with Gasteiger partial charge in [-0.15, -0.1) is 11.6 Å². The number of benzene rings is 5. The number of ether oxygens (including phenoxy) is 3. The molecule has 0 saturated carbocycles. The van der Waals surface area contributed by atoms with Gasteiger partial charge in [0.2, 0.25) is 17.7 Å². The van der Waals surface area contributed by atoms with Gasteiger partial charge in [-0.05, 0) is 61.6 Å². The Kier molecular flexibility index (Phi) is 44.5. The second kappa shape index (κ2) is 47.9. The van der Waals surface area contributed by atoms with Crippen molar-refractivity contribution in [2.24, 2.45) is 17.2 Å². The number of hydrogen-bond acceptors (Lipinski definition) is 17. The van der Waals surface area contributed by atoms with Gasteiger partial charge in [-0.3, -0.25) is 47.7 Å². The standard InChI is InChI=1S/C23H23ClFN5O4.C13H16ClFN2O2.C10H9Cl2FO.C10H9N3O3.C4H9NO.CH2O3.2CH4.2K.H/c24-17-6-3-4-14(21(17)25)10-27-19(31)11-29(15-8-9-34-13-15)20(32)12-30-18-7-2-1-5-16(18)22(28-30)23(26)33;14-11-3-1-2-9(13(11)15)6-17-12(18)7-16-10-4-5-19-8-10;11-6-8(14)5-4-7-2-1-3-9(12)10(7)13;11-10(16)9-6-3-1-2-4-7(6)13(12-9)5-8(14)15;5-4-1-2-6-3-4;2-1-4-3;;;;;/h1-7,15H,8-13H2,(H2,26,33)(H,27,31);1-3,10,16H,4-8H2,(H,17,18);1-3H,4-6H2;1-4H,5H2,(H2,11,16)(H,14,15);4H,1-3,5H2;1,3H;2*1H4;;;/q;;;;;;;;2*+1;-1/p-1. The van der Waals surface area contributed by atoms with Crippen molar-refractivity contribution in [3.05, 3.63) is 164 Å². The first-order chi connectivity index (χ1) is 44.6. The molecule has 25 nitrogen and oxygen atoms in total. The second-order valence-corrected chi connectivity index (χ2v) is 21.8. The number of nitrogens with zero attached hydrogens (tertiary/aromatic N) is 5. The summed E-state index contributed by atoms with van der Waals surface area (Å²) in [5, 5.41) is 34.8. The number of nitrogens with two attached hydrogens (primary N) is 3. The monoisotopic (exact) mass is 1490 g/mol. The van der Waals surface area contributed by atoms with E-state index in [9.17, 15) is 46.7 Å². The SMILES string of the molecule is C.C.NC(=O)c1nn(CC(=O)N(CC(=O)NCc2cccc(Cl)c2F)C2CCOC2)c2ccccc12.NC(=O)c1nn(CC(=O)O)c2ccccc12.NC1CCOC1.O=C(CCl)CCc1cccc(Cl)c1F.O=C(CNC1CCOC1)NCc1cccc(Cl)c1F.O=CO[O-].[H-].[K+].[K+]. The van der Waals surface area contributed by atoms with Gasteiger partial charge in [-0.1, -0.05) is 122 Å². The van der Waals surface area contributed by atoms with Crippen LogP contribution in [0.4, 0.5) is 13.2 Å². The van der Waals surface area contributed by atoms with Gasteiger partial charge in [-0.2, -0.15) is 10.2 Å².